The van der Waals surface area contributed by atoms with E-state index in [1.54, 1.807) is 12.1 Å². The molecule has 176 valence electrons. The van der Waals surface area contributed by atoms with Crippen LogP contribution < -0.4 is 0 Å². The summed E-state index contributed by atoms with van der Waals surface area (Å²) in [4.78, 5) is 0.266. The van der Waals surface area contributed by atoms with E-state index in [2.05, 4.69) is 12.1 Å². The van der Waals surface area contributed by atoms with E-state index in [9.17, 15) is 8.42 Å². The van der Waals surface area contributed by atoms with Gasteiger partial charge in [-0.05, 0) is 65.2 Å². The molecule has 0 fully saturated rings. The Morgan fingerprint density at radius 2 is 1.33 bits per heavy atom. The molecule has 1 aromatic heterocycles. The zero-order valence-corrected chi connectivity index (χ0v) is 21.1. The second-order valence-corrected chi connectivity index (χ2v) is 11.1. The Labute approximate surface area is 214 Å². The molecule has 0 spiro atoms. The molecule has 0 bridgehead atoms. The van der Waals surface area contributed by atoms with Crippen LogP contribution in [0.15, 0.2) is 108 Å². The van der Waals surface area contributed by atoms with Crippen molar-refractivity contribution in [2.75, 3.05) is 0 Å². The van der Waals surface area contributed by atoms with Crippen LogP contribution in [-0.4, -0.2) is 12.4 Å². The number of rotatable bonds is 4. The Morgan fingerprint density at radius 1 is 0.694 bits per heavy atom. The first-order valence-corrected chi connectivity index (χ1v) is 13.5. The van der Waals surface area contributed by atoms with Gasteiger partial charge >= 0.3 is 0 Å². The minimum absolute atomic E-state index is 0.266. The maximum Gasteiger partial charge on any atom is 0.268 e. The number of fused-ring (bicyclic) bond motifs is 5. The first-order valence-electron chi connectivity index (χ1n) is 11.6. The molecule has 0 aliphatic rings. The number of aryl methyl sites for hydroxylation is 1. The SMILES string of the molecule is Cc1ccc(S(=O)(=O)n2c3ccccc3c3c4ccccc4c(/C=C/c4ccc(Cl)cc4)cc32)cc1. The van der Waals surface area contributed by atoms with Gasteiger partial charge in [0.2, 0.25) is 0 Å². The number of hydrogen-bond acceptors (Lipinski definition) is 2. The molecule has 0 saturated carbocycles. The van der Waals surface area contributed by atoms with E-state index < -0.39 is 10.0 Å². The average Bonchev–Trinajstić information content (AvgIpc) is 3.23. The lowest BCUT2D eigenvalue weighted by Gasteiger charge is -2.11. The fourth-order valence-electron chi connectivity index (χ4n) is 4.80. The Bertz CT molecular complexity index is 1900. The highest BCUT2D eigenvalue weighted by molar-refractivity contribution is 7.90. The fourth-order valence-corrected chi connectivity index (χ4v) is 6.43. The molecule has 6 aromatic rings. The topological polar surface area (TPSA) is 39.1 Å². The maximum absolute atomic E-state index is 14.0. The number of para-hydroxylation sites is 1. The third kappa shape index (κ3) is 3.70. The zero-order valence-electron chi connectivity index (χ0n) is 19.5. The predicted molar refractivity (Wildman–Crippen MR) is 151 cm³/mol. The van der Waals surface area contributed by atoms with E-state index in [1.165, 1.54) is 3.97 Å². The van der Waals surface area contributed by atoms with E-state index in [1.807, 2.05) is 97.9 Å². The number of benzene rings is 5. The van der Waals surface area contributed by atoms with Crippen molar-refractivity contribution >= 4 is 66.4 Å². The van der Waals surface area contributed by atoms with Crippen molar-refractivity contribution in [2.45, 2.75) is 11.8 Å². The second-order valence-electron chi connectivity index (χ2n) is 8.89. The summed E-state index contributed by atoms with van der Waals surface area (Å²) in [6, 6.07) is 32.5. The van der Waals surface area contributed by atoms with Gasteiger partial charge in [0.25, 0.3) is 10.0 Å². The molecule has 0 aliphatic carbocycles. The van der Waals surface area contributed by atoms with E-state index in [0.717, 1.165) is 38.2 Å². The summed E-state index contributed by atoms with van der Waals surface area (Å²) in [6.07, 6.45) is 4.05. The van der Waals surface area contributed by atoms with Crippen LogP contribution >= 0.6 is 11.6 Å². The second kappa shape index (κ2) is 8.66. The smallest absolute Gasteiger partial charge is 0.233 e. The molecule has 0 N–H and O–H groups in total. The lowest BCUT2D eigenvalue weighted by atomic mass is 9.98. The number of hydrogen-bond donors (Lipinski definition) is 0. The fraction of sp³-hybridized carbons (Fsp3) is 0.0323. The minimum Gasteiger partial charge on any atom is -0.233 e. The summed E-state index contributed by atoms with van der Waals surface area (Å²) < 4.78 is 29.5. The Kier molecular flexibility index (Phi) is 5.44. The van der Waals surface area contributed by atoms with Crippen molar-refractivity contribution in [2.24, 2.45) is 0 Å². The zero-order chi connectivity index (χ0) is 24.9. The van der Waals surface area contributed by atoms with Gasteiger partial charge < -0.3 is 0 Å². The third-order valence-corrected chi connectivity index (χ3v) is 8.55. The van der Waals surface area contributed by atoms with Gasteiger partial charge in [0, 0.05) is 15.8 Å². The van der Waals surface area contributed by atoms with Gasteiger partial charge in [-0.1, -0.05) is 96.0 Å². The molecule has 0 amide bonds. The van der Waals surface area contributed by atoms with Crippen LogP contribution in [0, 0.1) is 6.92 Å². The van der Waals surface area contributed by atoms with Crippen LogP contribution in [0.5, 0.6) is 0 Å². The molecule has 6 rings (SSSR count). The lowest BCUT2D eigenvalue weighted by Crippen LogP contribution is -2.12. The summed E-state index contributed by atoms with van der Waals surface area (Å²) in [5, 5.41) is 4.60. The Hall–Kier alpha value is -3.86. The van der Waals surface area contributed by atoms with Gasteiger partial charge in [-0.25, -0.2) is 12.4 Å². The summed E-state index contributed by atoms with van der Waals surface area (Å²) in [6.45, 7) is 1.95. The van der Waals surface area contributed by atoms with E-state index in [-0.39, 0.29) is 4.90 Å². The van der Waals surface area contributed by atoms with E-state index in [0.29, 0.717) is 16.1 Å². The minimum atomic E-state index is -3.84. The molecule has 0 unspecified atom stereocenters. The molecule has 0 atom stereocenters. The van der Waals surface area contributed by atoms with Crippen molar-refractivity contribution in [1.82, 2.24) is 3.97 Å². The standard InChI is InChI=1S/C31H22ClNO2S/c1-21-10-18-25(19-11-21)36(34,35)33-29-9-5-4-8-28(29)31-27-7-3-2-6-26(27)23(20-30(31)33)15-12-22-13-16-24(32)17-14-22/h2-20H,1H3/b15-12+. The van der Waals surface area contributed by atoms with Crippen LogP contribution in [0.2, 0.25) is 5.02 Å². The van der Waals surface area contributed by atoms with Crippen LogP contribution in [0.1, 0.15) is 16.7 Å². The number of nitrogens with zero attached hydrogens (tertiary/aromatic N) is 1. The van der Waals surface area contributed by atoms with Gasteiger partial charge in [0.15, 0.2) is 0 Å². The van der Waals surface area contributed by atoms with Gasteiger partial charge in [0.1, 0.15) is 0 Å². The van der Waals surface area contributed by atoms with Crippen LogP contribution in [-0.2, 0) is 10.0 Å². The summed E-state index contributed by atoms with van der Waals surface area (Å²) in [7, 11) is -3.84. The van der Waals surface area contributed by atoms with Gasteiger partial charge in [0.05, 0.1) is 15.9 Å². The normalized spacial score (nSPS) is 12.3. The number of halogens is 1. The molecule has 0 radical (unpaired) electrons. The first-order chi connectivity index (χ1) is 17.4. The summed E-state index contributed by atoms with van der Waals surface area (Å²) in [5.41, 5.74) is 4.28. The molecule has 0 aliphatic heterocycles. The number of aromatic nitrogens is 1. The average molecular weight is 508 g/mol. The van der Waals surface area contributed by atoms with Crippen LogP contribution in [0.25, 0.3) is 44.7 Å². The largest absolute Gasteiger partial charge is 0.268 e. The molecule has 5 heteroatoms. The highest BCUT2D eigenvalue weighted by Crippen LogP contribution is 2.39. The van der Waals surface area contributed by atoms with Crippen LogP contribution in [0.3, 0.4) is 0 Å². The Morgan fingerprint density at radius 3 is 2.06 bits per heavy atom. The molecule has 3 nitrogen and oxygen atoms in total. The van der Waals surface area contributed by atoms with Gasteiger partial charge in [-0.3, -0.25) is 0 Å². The Balaban J connectivity index is 1.69. The van der Waals surface area contributed by atoms with E-state index >= 15 is 0 Å². The third-order valence-electron chi connectivity index (χ3n) is 6.55. The van der Waals surface area contributed by atoms with Crippen molar-refractivity contribution < 1.29 is 8.42 Å². The molecule has 5 aromatic carbocycles. The van der Waals surface area contributed by atoms with Crippen molar-refractivity contribution in [3.8, 4) is 0 Å². The van der Waals surface area contributed by atoms with E-state index in [4.69, 9.17) is 11.6 Å². The molecule has 1 heterocycles. The molecular formula is C31H22ClNO2S. The van der Waals surface area contributed by atoms with Crippen LogP contribution in [0.4, 0.5) is 0 Å². The van der Waals surface area contributed by atoms with Crippen molar-refractivity contribution in [3.05, 3.63) is 125 Å². The molecule has 36 heavy (non-hydrogen) atoms. The van der Waals surface area contributed by atoms with Crippen molar-refractivity contribution in [3.63, 3.8) is 0 Å². The summed E-state index contributed by atoms with van der Waals surface area (Å²) >= 11 is 6.05. The predicted octanol–water partition coefficient (Wildman–Crippen LogP) is 8.32. The van der Waals surface area contributed by atoms with Gasteiger partial charge in [-0.15, -0.1) is 0 Å². The quantitative estimate of drug-likeness (QED) is 0.225. The highest BCUT2D eigenvalue weighted by Gasteiger charge is 2.24. The lowest BCUT2D eigenvalue weighted by molar-refractivity contribution is 0.590. The first kappa shape index (κ1) is 22.6. The maximum atomic E-state index is 14.0. The molecular weight excluding hydrogens is 486 g/mol. The highest BCUT2D eigenvalue weighted by atomic mass is 35.5. The summed E-state index contributed by atoms with van der Waals surface area (Å²) in [5.74, 6) is 0. The van der Waals surface area contributed by atoms with Crippen molar-refractivity contribution in [1.29, 1.82) is 0 Å². The molecule has 0 saturated heterocycles. The monoisotopic (exact) mass is 507 g/mol. The van der Waals surface area contributed by atoms with Gasteiger partial charge in [-0.2, -0.15) is 0 Å².